The zero-order valence-electron chi connectivity index (χ0n) is 10.3. The summed E-state index contributed by atoms with van der Waals surface area (Å²) in [5.41, 5.74) is 1.37. The van der Waals surface area contributed by atoms with Gasteiger partial charge in [0.2, 0.25) is 0 Å². The number of alkyl halides is 3. The van der Waals surface area contributed by atoms with Gasteiger partial charge in [-0.1, -0.05) is 46.4 Å². The molecule has 0 saturated carbocycles. The molecule has 1 aromatic rings. The first kappa shape index (κ1) is 16.0. The van der Waals surface area contributed by atoms with E-state index in [1.807, 2.05) is 6.07 Å². The number of nitrogens with zero attached hydrogens (tertiary/aromatic N) is 1. The van der Waals surface area contributed by atoms with Crippen molar-refractivity contribution in [2.45, 2.75) is 3.79 Å². The number of hydrogen-bond acceptors (Lipinski definition) is 3. The van der Waals surface area contributed by atoms with Gasteiger partial charge in [0.1, 0.15) is 0 Å². The molecule has 1 saturated heterocycles. The molecule has 0 unspecified atom stereocenters. The van der Waals surface area contributed by atoms with E-state index >= 15 is 0 Å². The van der Waals surface area contributed by atoms with Gasteiger partial charge in [-0.3, -0.25) is 4.79 Å². The molecule has 1 aliphatic rings. The van der Waals surface area contributed by atoms with E-state index in [1.165, 1.54) is 0 Å². The first-order valence-electron chi connectivity index (χ1n) is 5.88. The molecule has 0 aliphatic carbocycles. The van der Waals surface area contributed by atoms with Crippen molar-refractivity contribution in [3.8, 4) is 0 Å². The number of anilines is 2. The maximum atomic E-state index is 11.6. The van der Waals surface area contributed by atoms with Crippen LogP contribution in [0.1, 0.15) is 0 Å². The normalized spacial score (nSPS) is 16.1. The van der Waals surface area contributed by atoms with Gasteiger partial charge >= 0.3 is 0 Å². The maximum Gasteiger partial charge on any atom is 0.276 e. The van der Waals surface area contributed by atoms with Gasteiger partial charge < -0.3 is 15.0 Å². The smallest absolute Gasteiger partial charge is 0.276 e. The van der Waals surface area contributed by atoms with E-state index in [1.54, 1.807) is 12.1 Å². The summed E-state index contributed by atoms with van der Waals surface area (Å²) < 4.78 is 3.28. The summed E-state index contributed by atoms with van der Waals surface area (Å²) in [6.45, 7) is 2.89. The van der Waals surface area contributed by atoms with Crippen LogP contribution in [0, 0.1) is 0 Å². The lowest BCUT2D eigenvalue weighted by molar-refractivity contribution is -0.115. The van der Waals surface area contributed by atoms with Gasteiger partial charge in [-0.05, 0) is 18.2 Å². The monoisotopic (exact) mass is 356 g/mol. The molecule has 4 nitrogen and oxygen atoms in total. The predicted octanol–water partition coefficient (Wildman–Crippen LogP) is 3.49. The summed E-state index contributed by atoms with van der Waals surface area (Å²) in [6, 6.07) is 5.16. The third-order valence-electron chi connectivity index (χ3n) is 2.81. The van der Waals surface area contributed by atoms with E-state index in [-0.39, 0.29) is 0 Å². The lowest BCUT2D eigenvalue weighted by Crippen LogP contribution is -2.36. The van der Waals surface area contributed by atoms with Crippen LogP contribution in [-0.2, 0) is 9.53 Å². The molecule has 1 heterocycles. The number of nitrogens with one attached hydrogen (secondary N) is 1. The molecule has 2 rings (SSSR count). The fraction of sp³-hybridized carbons (Fsp3) is 0.417. The van der Waals surface area contributed by atoms with Crippen molar-refractivity contribution in [2.24, 2.45) is 0 Å². The molecular weight excluding hydrogens is 346 g/mol. The van der Waals surface area contributed by atoms with Crippen molar-refractivity contribution in [2.75, 3.05) is 36.5 Å². The van der Waals surface area contributed by atoms with Crippen LogP contribution in [-0.4, -0.2) is 36.0 Å². The van der Waals surface area contributed by atoms with Gasteiger partial charge in [0.15, 0.2) is 0 Å². The van der Waals surface area contributed by atoms with Crippen molar-refractivity contribution < 1.29 is 9.53 Å². The molecule has 0 bridgehead atoms. The van der Waals surface area contributed by atoms with E-state index in [2.05, 4.69) is 10.2 Å². The van der Waals surface area contributed by atoms with E-state index in [0.29, 0.717) is 23.9 Å². The molecule has 1 N–H and O–H groups in total. The predicted molar refractivity (Wildman–Crippen MR) is 83.4 cm³/mol. The van der Waals surface area contributed by atoms with Crippen molar-refractivity contribution in [1.82, 2.24) is 0 Å². The minimum atomic E-state index is -2.00. The molecule has 110 valence electrons. The van der Waals surface area contributed by atoms with Crippen LogP contribution in [0.5, 0.6) is 0 Å². The first-order valence-corrected chi connectivity index (χ1v) is 7.39. The van der Waals surface area contributed by atoms with Gasteiger partial charge in [0.25, 0.3) is 9.70 Å². The Balaban J connectivity index is 2.11. The molecule has 20 heavy (non-hydrogen) atoms. The number of halogens is 4. The number of carbonyl (C=O) groups is 1. The Kier molecular flexibility index (Phi) is 5.26. The lowest BCUT2D eigenvalue weighted by atomic mass is 10.2. The quantitative estimate of drug-likeness (QED) is 0.824. The molecule has 8 heteroatoms. The fourth-order valence-electron chi connectivity index (χ4n) is 1.85. The average Bonchev–Trinajstić information content (AvgIpc) is 2.38. The van der Waals surface area contributed by atoms with Gasteiger partial charge in [-0.2, -0.15) is 0 Å². The Hall–Kier alpha value is -0.390. The van der Waals surface area contributed by atoms with Crippen LogP contribution in [0.3, 0.4) is 0 Å². The van der Waals surface area contributed by atoms with Crippen molar-refractivity contribution in [3.63, 3.8) is 0 Å². The fourth-order valence-corrected chi connectivity index (χ4v) is 2.29. The molecule has 1 aliphatic heterocycles. The molecule has 1 amide bonds. The van der Waals surface area contributed by atoms with Crippen LogP contribution in [0.4, 0.5) is 11.4 Å². The molecule has 0 aromatic heterocycles. The SMILES string of the molecule is O=C(Nc1ccc(N2CCOCC2)c(Cl)c1)C(Cl)(Cl)Cl. The summed E-state index contributed by atoms with van der Waals surface area (Å²) in [5.74, 6) is -0.724. The maximum absolute atomic E-state index is 11.6. The molecule has 0 radical (unpaired) electrons. The Bertz CT molecular complexity index is 499. The average molecular weight is 358 g/mol. The third-order valence-corrected chi connectivity index (χ3v) is 3.63. The first-order chi connectivity index (χ1) is 9.38. The second-order valence-electron chi connectivity index (χ2n) is 4.22. The highest BCUT2D eigenvalue weighted by atomic mass is 35.6. The molecular formula is C12H12Cl4N2O2. The Morgan fingerprint density at radius 3 is 2.45 bits per heavy atom. The topological polar surface area (TPSA) is 41.6 Å². The molecule has 1 fully saturated rings. The third kappa shape index (κ3) is 4.06. The number of carbonyl (C=O) groups excluding carboxylic acids is 1. The second kappa shape index (κ2) is 6.58. The van der Waals surface area contributed by atoms with Crippen LogP contribution < -0.4 is 10.2 Å². The summed E-state index contributed by atoms with van der Waals surface area (Å²) in [5, 5.41) is 3.01. The number of hydrogen-bond donors (Lipinski definition) is 1. The summed E-state index contributed by atoms with van der Waals surface area (Å²) in [7, 11) is 0. The number of benzene rings is 1. The highest BCUT2D eigenvalue weighted by Gasteiger charge is 2.30. The van der Waals surface area contributed by atoms with E-state index in [4.69, 9.17) is 51.1 Å². The van der Waals surface area contributed by atoms with E-state index < -0.39 is 9.70 Å². The standard InChI is InChI=1S/C12H12Cl4N2O2/c13-9-7-8(17-11(19)12(14,15)16)1-2-10(9)18-3-5-20-6-4-18/h1-2,7H,3-6H2,(H,17,19). The highest BCUT2D eigenvalue weighted by Crippen LogP contribution is 2.31. The number of amides is 1. The molecule has 0 spiro atoms. The number of rotatable bonds is 2. The van der Waals surface area contributed by atoms with Crippen molar-refractivity contribution in [1.29, 1.82) is 0 Å². The largest absolute Gasteiger partial charge is 0.378 e. The highest BCUT2D eigenvalue weighted by molar-refractivity contribution is 6.76. The minimum Gasteiger partial charge on any atom is -0.378 e. The van der Waals surface area contributed by atoms with Crippen LogP contribution in [0.2, 0.25) is 5.02 Å². The summed E-state index contributed by atoms with van der Waals surface area (Å²) in [6.07, 6.45) is 0. The van der Waals surface area contributed by atoms with Gasteiger partial charge in [0, 0.05) is 18.8 Å². The number of morpholine rings is 1. The van der Waals surface area contributed by atoms with Gasteiger partial charge in [-0.25, -0.2) is 0 Å². The number of ether oxygens (including phenoxy) is 1. The Labute approximate surface area is 136 Å². The van der Waals surface area contributed by atoms with Crippen molar-refractivity contribution in [3.05, 3.63) is 23.2 Å². The van der Waals surface area contributed by atoms with E-state index in [9.17, 15) is 4.79 Å². The van der Waals surface area contributed by atoms with Gasteiger partial charge in [-0.15, -0.1) is 0 Å². The summed E-state index contributed by atoms with van der Waals surface area (Å²) >= 11 is 22.7. The Morgan fingerprint density at radius 2 is 1.90 bits per heavy atom. The summed E-state index contributed by atoms with van der Waals surface area (Å²) in [4.78, 5) is 13.7. The molecule has 1 aromatic carbocycles. The van der Waals surface area contributed by atoms with Crippen LogP contribution >= 0.6 is 46.4 Å². The zero-order valence-corrected chi connectivity index (χ0v) is 13.4. The van der Waals surface area contributed by atoms with E-state index in [0.717, 1.165) is 18.8 Å². The van der Waals surface area contributed by atoms with Crippen LogP contribution in [0.15, 0.2) is 18.2 Å². The molecule has 0 atom stereocenters. The lowest BCUT2D eigenvalue weighted by Gasteiger charge is -2.29. The minimum absolute atomic E-state index is 0.475. The Morgan fingerprint density at radius 1 is 1.25 bits per heavy atom. The zero-order chi connectivity index (χ0) is 14.8. The van der Waals surface area contributed by atoms with Gasteiger partial charge in [0.05, 0.1) is 23.9 Å². The van der Waals surface area contributed by atoms with Crippen LogP contribution in [0.25, 0.3) is 0 Å². The van der Waals surface area contributed by atoms with Crippen molar-refractivity contribution >= 4 is 63.7 Å². The second-order valence-corrected chi connectivity index (χ2v) is 6.91.